The van der Waals surface area contributed by atoms with Gasteiger partial charge in [0.05, 0.1) is 11.2 Å². The van der Waals surface area contributed by atoms with Crippen LogP contribution in [0.3, 0.4) is 0 Å². The lowest BCUT2D eigenvalue weighted by Crippen LogP contribution is -2.17. The van der Waals surface area contributed by atoms with Crippen LogP contribution < -0.4 is 10.0 Å². The first-order valence-electron chi connectivity index (χ1n) is 9.31. The van der Waals surface area contributed by atoms with Crippen LogP contribution in [-0.4, -0.2) is 28.9 Å². The van der Waals surface area contributed by atoms with Gasteiger partial charge in [-0.3, -0.25) is 14.5 Å². The lowest BCUT2D eigenvalue weighted by atomic mass is 10.2. The van der Waals surface area contributed by atoms with Crippen molar-refractivity contribution in [2.24, 2.45) is 7.05 Å². The fourth-order valence-corrected chi connectivity index (χ4v) is 4.51. The number of benzene rings is 2. The Hall–Kier alpha value is -3.50. The maximum atomic E-state index is 14.6. The number of aryl methyl sites for hydroxylation is 2. The normalized spacial score (nSPS) is 11.5. The Morgan fingerprint density at radius 1 is 1.16 bits per heavy atom. The fourth-order valence-electron chi connectivity index (χ4n) is 3.24. The molecule has 32 heavy (non-hydrogen) atoms. The van der Waals surface area contributed by atoms with Gasteiger partial charge in [-0.25, -0.2) is 17.8 Å². The Morgan fingerprint density at radius 3 is 2.62 bits per heavy atom. The van der Waals surface area contributed by atoms with Crippen LogP contribution in [0.5, 0.6) is 0 Å². The number of hydrogen-bond donors (Lipinski definition) is 2. The molecule has 0 spiro atoms. The van der Waals surface area contributed by atoms with E-state index in [2.05, 4.69) is 20.0 Å². The van der Waals surface area contributed by atoms with Gasteiger partial charge in [0, 0.05) is 36.0 Å². The van der Waals surface area contributed by atoms with Gasteiger partial charge in [0.1, 0.15) is 16.4 Å². The van der Waals surface area contributed by atoms with Crippen LogP contribution in [0.15, 0.2) is 59.9 Å². The first kappa shape index (κ1) is 21.7. The maximum Gasteiger partial charge on any atom is 0.272 e. The minimum Gasteiger partial charge on any atom is -0.340 e. The van der Waals surface area contributed by atoms with Crippen LogP contribution in [0.2, 0.25) is 5.02 Å². The van der Waals surface area contributed by atoms with Gasteiger partial charge in [0.25, 0.3) is 15.9 Å². The summed E-state index contributed by atoms with van der Waals surface area (Å²) in [5, 5.41) is 3.86. The third-order valence-corrected chi connectivity index (χ3v) is 6.76. The molecule has 11 heteroatoms. The number of fused-ring (bicyclic) bond motifs is 1. The van der Waals surface area contributed by atoms with E-state index in [1.165, 1.54) is 24.7 Å². The van der Waals surface area contributed by atoms with E-state index in [1.54, 1.807) is 17.7 Å². The second-order valence-electron chi connectivity index (χ2n) is 7.01. The van der Waals surface area contributed by atoms with Crippen LogP contribution in [0, 0.1) is 12.7 Å². The molecule has 0 bridgehead atoms. The van der Waals surface area contributed by atoms with Crippen molar-refractivity contribution in [1.29, 1.82) is 0 Å². The van der Waals surface area contributed by atoms with Crippen molar-refractivity contribution in [3.05, 3.63) is 77.1 Å². The predicted octanol–water partition coefficient (Wildman–Crippen LogP) is 4.12. The molecule has 0 radical (unpaired) electrons. The lowest BCUT2D eigenvalue weighted by Gasteiger charge is -2.10. The maximum absolute atomic E-state index is 14.6. The smallest absolute Gasteiger partial charge is 0.272 e. The molecule has 4 aromatic rings. The van der Waals surface area contributed by atoms with E-state index in [0.29, 0.717) is 10.7 Å². The zero-order chi connectivity index (χ0) is 23.0. The van der Waals surface area contributed by atoms with E-state index in [1.807, 2.05) is 19.1 Å². The molecule has 2 aromatic carbocycles. The van der Waals surface area contributed by atoms with E-state index in [9.17, 15) is 17.6 Å². The van der Waals surface area contributed by atoms with Gasteiger partial charge in [0.2, 0.25) is 0 Å². The van der Waals surface area contributed by atoms with E-state index >= 15 is 0 Å². The highest BCUT2D eigenvalue weighted by Crippen LogP contribution is 2.30. The first-order chi connectivity index (χ1) is 15.2. The summed E-state index contributed by atoms with van der Waals surface area (Å²) in [4.78, 5) is 19.8. The molecule has 164 valence electrons. The molecule has 0 fully saturated rings. The molecular formula is C21H17ClFN5O3S. The highest BCUT2D eigenvalue weighted by Gasteiger charge is 2.21. The van der Waals surface area contributed by atoms with Crippen molar-refractivity contribution in [3.63, 3.8) is 0 Å². The summed E-state index contributed by atoms with van der Waals surface area (Å²) in [6, 6.07) is 8.66. The van der Waals surface area contributed by atoms with Crippen molar-refractivity contribution in [2.45, 2.75) is 11.8 Å². The van der Waals surface area contributed by atoms with Crippen molar-refractivity contribution in [2.75, 3.05) is 10.0 Å². The molecule has 0 saturated carbocycles. The van der Waals surface area contributed by atoms with E-state index < -0.39 is 26.6 Å². The predicted molar refractivity (Wildman–Crippen MR) is 120 cm³/mol. The number of rotatable bonds is 5. The van der Waals surface area contributed by atoms with Crippen molar-refractivity contribution >= 4 is 49.9 Å². The molecule has 0 aliphatic carbocycles. The van der Waals surface area contributed by atoms with Crippen LogP contribution in [0.4, 0.5) is 15.9 Å². The molecule has 1 amide bonds. The molecule has 0 atom stereocenters. The number of carbonyl (C=O) groups is 1. The SMILES string of the molecule is Cc1ccc2c(cc(C(=O)Nc3ccc(S(=O)(=O)Nc4cnccn4)c(F)c3)n2C)c1Cl. The molecule has 0 aliphatic heterocycles. The summed E-state index contributed by atoms with van der Waals surface area (Å²) in [5.41, 5.74) is 2.06. The monoisotopic (exact) mass is 473 g/mol. The van der Waals surface area contributed by atoms with Gasteiger partial charge in [-0.2, -0.15) is 0 Å². The summed E-state index contributed by atoms with van der Waals surface area (Å²) in [6.45, 7) is 1.87. The van der Waals surface area contributed by atoms with Crippen molar-refractivity contribution in [1.82, 2.24) is 14.5 Å². The highest BCUT2D eigenvalue weighted by atomic mass is 35.5. The van der Waals surface area contributed by atoms with Gasteiger partial charge >= 0.3 is 0 Å². The molecule has 8 nitrogen and oxygen atoms in total. The van der Waals surface area contributed by atoms with Gasteiger partial charge in [-0.15, -0.1) is 0 Å². The molecule has 0 unspecified atom stereocenters. The third kappa shape index (κ3) is 4.02. The molecular weight excluding hydrogens is 457 g/mol. The summed E-state index contributed by atoms with van der Waals surface area (Å²) in [5.74, 6) is -1.58. The average molecular weight is 474 g/mol. The standard InChI is InChI=1S/C21H17ClFN5O3S/c1-12-3-5-16-14(20(12)22)10-17(28(16)2)21(29)26-13-4-6-18(15(23)9-13)32(30,31)27-19-11-24-7-8-25-19/h3-11H,1-2H3,(H,25,27)(H,26,29). The summed E-state index contributed by atoms with van der Waals surface area (Å²) in [6.07, 6.45) is 3.87. The number of nitrogens with zero attached hydrogens (tertiary/aromatic N) is 3. The summed E-state index contributed by atoms with van der Waals surface area (Å²) in [7, 11) is -2.51. The number of anilines is 2. The molecule has 0 saturated heterocycles. The zero-order valence-corrected chi connectivity index (χ0v) is 18.5. The average Bonchev–Trinajstić information content (AvgIpc) is 3.08. The van der Waals surface area contributed by atoms with Crippen LogP contribution in [0.1, 0.15) is 16.1 Å². The third-order valence-electron chi connectivity index (χ3n) is 4.87. The Morgan fingerprint density at radius 2 is 1.94 bits per heavy atom. The minimum absolute atomic E-state index is 0.0473. The second-order valence-corrected chi connectivity index (χ2v) is 9.04. The molecule has 2 heterocycles. The first-order valence-corrected chi connectivity index (χ1v) is 11.2. The largest absolute Gasteiger partial charge is 0.340 e. The molecule has 4 rings (SSSR count). The fraction of sp³-hybridized carbons (Fsp3) is 0.0952. The summed E-state index contributed by atoms with van der Waals surface area (Å²) < 4.78 is 43.4. The number of sulfonamides is 1. The molecule has 0 aliphatic rings. The van der Waals surface area contributed by atoms with Gasteiger partial charge in [-0.1, -0.05) is 17.7 Å². The minimum atomic E-state index is -4.23. The zero-order valence-electron chi connectivity index (χ0n) is 16.9. The van der Waals surface area contributed by atoms with Crippen LogP contribution >= 0.6 is 11.6 Å². The van der Waals surface area contributed by atoms with E-state index in [0.717, 1.165) is 28.6 Å². The topological polar surface area (TPSA) is 106 Å². The highest BCUT2D eigenvalue weighted by molar-refractivity contribution is 7.92. The molecule has 2 N–H and O–H groups in total. The molecule has 2 aromatic heterocycles. The number of hydrogen-bond acceptors (Lipinski definition) is 5. The van der Waals surface area contributed by atoms with E-state index in [-0.39, 0.29) is 11.5 Å². The Balaban J connectivity index is 1.59. The summed E-state index contributed by atoms with van der Waals surface area (Å²) >= 11 is 6.35. The quantitative estimate of drug-likeness (QED) is 0.453. The Kier molecular flexibility index (Phi) is 5.57. The lowest BCUT2D eigenvalue weighted by molar-refractivity contribution is 0.101. The Bertz CT molecular complexity index is 1460. The van der Waals surface area contributed by atoms with Crippen LogP contribution in [0.25, 0.3) is 10.9 Å². The second kappa shape index (κ2) is 8.21. The van der Waals surface area contributed by atoms with Gasteiger partial charge in [-0.05, 0) is 42.8 Å². The van der Waals surface area contributed by atoms with Gasteiger partial charge < -0.3 is 9.88 Å². The number of halogens is 2. The van der Waals surface area contributed by atoms with Crippen molar-refractivity contribution in [3.8, 4) is 0 Å². The Labute approximate surface area is 188 Å². The number of nitrogens with one attached hydrogen (secondary N) is 2. The number of amides is 1. The number of carbonyl (C=O) groups excluding carboxylic acids is 1. The number of aromatic nitrogens is 3. The van der Waals surface area contributed by atoms with Gasteiger partial charge in [0.15, 0.2) is 5.82 Å². The van der Waals surface area contributed by atoms with Crippen molar-refractivity contribution < 1.29 is 17.6 Å². The van der Waals surface area contributed by atoms with E-state index in [4.69, 9.17) is 11.6 Å². The van der Waals surface area contributed by atoms with Crippen LogP contribution in [-0.2, 0) is 17.1 Å².